The molecular formula is C11H24N4O2. The van der Waals surface area contributed by atoms with Crippen molar-refractivity contribution in [2.75, 3.05) is 20.1 Å². The number of nitrogens with zero attached hydrogens (tertiary/aromatic N) is 1. The van der Waals surface area contributed by atoms with Gasteiger partial charge in [0.25, 0.3) is 5.91 Å². The molecule has 1 unspecified atom stereocenters. The van der Waals surface area contributed by atoms with Crippen molar-refractivity contribution in [1.29, 1.82) is 0 Å². The fourth-order valence-corrected chi connectivity index (χ4v) is 1.84. The molecule has 0 rings (SSSR count). The summed E-state index contributed by atoms with van der Waals surface area (Å²) in [6, 6.07) is -0.378. The Balaban J connectivity index is 4.82. The number of nitrogens with one attached hydrogen (secondary N) is 2. The lowest BCUT2D eigenvalue weighted by Gasteiger charge is -2.31. The lowest BCUT2D eigenvalue weighted by molar-refractivity contribution is -0.130. The van der Waals surface area contributed by atoms with Crippen LogP contribution in [0.15, 0.2) is 0 Å². The third kappa shape index (κ3) is 5.14. The summed E-state index contributed by atoms with van der Waals surface area (Å²) in [7, 11) is 1.58. The highest BCUT2D eigenvalue weighted by atomic mass is 16.2. The van der Waals surface area contributed by atoms with E-state index in [1.54, 1.807) is 7.05 Å². The van der Waals surface area contributed by atoms with Crippen LogP contribution in [0.4, 0.5) is 0 Å². The largest absolute Gasteiger partial charge is 0.358 e. The summed E-state index contributed by atoms with van der Waals surface area (Å²) in [5, 5.41) is 2.56. The summed E-state index contributed by atoms with van der Waals surface area (Å²) in [6.45, 7) is 6.78. The maximum Gasteiger partial charge on any atom is 0.251 e. The minimum absolute atomic E-state index is 0.0924. The van der Waals surface area contributed by atoms with Crippen LogP contribution in [-0.2, 0) is 9.59 Å². The Hall–Kier alpha value is -1.14. The van der Waals surface area contributed by atoms with Crippen molar-refractivity contribution in [2.45, 2.75) is 33.2 Å². The van der Waals surface area contributed by atoms with Gasteiger partial charge in [-0.1, -0.05) is 20.8 Å². The second-order valence-electron chi connectivity index (χ2n) is 4.34. The van der Waals surface area contributed by atoms with Gasteiger partial charge in [-0.15, -0.1) is 0 Å². The SMILES string of the molecule is CCCN(CC(=O)NC)C(C(=O)NN)C(C)C. The van der Waals surface area contributed by atoms with Crippen LogP contribution in [0.2, 0.25) is 0 Å². The summed E-state index contributed by atoms with van der Waals surface area (Å²) < 4.78 is 0. The summed E-state index contributed by atoms with van der Waals surface area (Å²) >= 11 is 0. The van der Waals surface area contributed by atoms with Gasteiger partial charge in [0, 0.05) is 7.05 Å². The molecule has 6 heteroatoms. The first-order chi connectivity index (χ1) is 7.97. The Morgan fingerprint density at radius 2 is 1.94 bits per heavy atom. The van der Waals surface area contributed by atoms with E-state index in [1.165, 1.54) is 0 Å². The third-order valence-electron chi connectivity index (χ3n) is 2.57. The molecule has 0 heterocycles. The van der Waals surface area contributed by atoms with Crippen molar-refractivity contribution in [3.8, 4) is 0 Å². The molecule has 0 aromatic heterocycles. The van der Waals surface area contributed by atoms with Crippen molar-refractivity contribution in [2.24, 2.45) is 11.8 Å². The lowest BCUT2D eigenvalue weighted by atomic mass is 10.0. The number of hydrazine groups is 1. The molecule has 0 aromatic carbocycles. The van der Waals surface area contributed by atoms with Gasteiger partial charge in [0.05, 0.1) is 12.6 Å². The zero-order chi connectivity index (χ0) is 13.4. The quantitative estimate of drug-likeness (QED) is 0.319. The van der Waals surface area contributed by atoms with Gasteiger partial charge in [0.1, 0.15) is 0 Å². The predicted molar refractivity (Wildman–Crippen MR) is 66.9 cm³/mol. The monoisotopic (exact) mass is 244 g/mol. The average molecular weight is 244 g/mol. The van der Waals surface area contributed by atoms with E-state index in [0.717, 1.165) is 6.42 Å². The van der Waals surface area contributed by atoms with E-state index in [2.05, 4.69) is 10.7 Å². The Labute approximate surface area is 103 Å². The van der Waals surface area contributed by atoms with Crippen molar-refractivity contribution < 1.29 is 9.59 Å². The zero-order valence-electron chi connectivity index (χ0n) is 11.1. The van der Waals surface area contributed by atoms with E-state index in [9.17, 15) is 9.59 Å². The topological polar surface area (TPSA) is 87.5 Å². The van der Waals surface area contributed by atoms with Crippen molar-refractivity contribution >= 4 is 11.8 Å². The molecule has 0 saturated carbocycles. The number of carbonyl (C=O) groups excluding carboxylic acids is 2. The highest BCUT2D eigenvalue weighted by molar-refractivity contribution is 5.83. The first-order valence-corrected chi connectivity index (χ1v) is 5.92. The minimum atomic E-state index is -0.378. The van der Waals surface area contributed by atoms with Crippen molar-refractivity contribution in [3.05, 3.63) is 0 Å². The van der Waals surface area contributed by atoms with Crippen molar-refractivity contribution in [1.82, 2.24) is 15.6 Å². The standard InChI is InChI=1S/C11H24N4O2/c1-5-6-15(7-9(16)13-4)10(8(2)3)11(17)14-12/h8,10H,5-7,12H2,1-4H3,(H,13,16)(H,14,17). The molecular weight excluding hydrogens is 220 g/mol. The number of nitrogens with two attached hydrogens (primary N) is 1. The van der Waals surface area contributed by atoms with E-state index in [4.69, 9.17) is 5.84 Å². The van der Waals surface area contributed by atoms with E-state index >= 15 is 0 Å². The molecule has 0 saturated heterocycles. The molecule has 6 nitrogen and oxygen atoms in total. The number of rotatable bonds is 7. The maximum absolute atomic E-state index is 11.7. The molecule has 0 bridgehead atoms. The van der Waals surface area contributed by atoms with Gasteiger partial charge in [0.2, 0.25) is 5.91 Å². The summed E-state index contributed by atoms with van der Waals surface area (Å²) in [5.41, 5.74) is 2.16. The Morgan fingerprint density at radius 3 is 2.29 bits per heavy atom. The van der Waals surface area contributed by atoms with Gasteiger partial charge >= 0.3 is 0 Å². The lowest BCUT2D eigenvalue weighted by Crippen LogP contribution is -2.54. The molecule has 4 N–H and O–H groups in total. The van der Waals surface area contributed by atoms with E-state index in [-0.39, 0.29) is 30.3 Å². The van der Waals surface area contributed by atoms with Gasteiger partial charge in [-0.05, 0) is 18.9 Å². The molecule has 100 valence electrons. The maximum atomic E-state index is 11.7. The summed E-state index contributed by atoms with van der Waals surface area (Å²) in [6.07, 6.45) is 0.873. The van der Waals surface area contributed by atoms with Crippen LogP contribution in [0.1, 0.15) is 27.2 Å². The van der Waals surface area contributed by atoms with Gasteiger partial charge in [-0.25, -0.2) is 5.84 Å². The summed E-state index contributed by atoms with van der Waals surface area (Å²) in [4.78, 5) is 25.0. The van der Waals surface area contributed by atoms with E-state index < -0.39 is 0 Å². The second kappa shape index (κ2) is 8.03. The van der Waals surface area contributed by atoms with Gasteiger partial charge in [-0.3, -0.25) is 19.9 Å². The van der Waals surface area contributed by atoms with Crippen LogP contribution in [0.5, 0.6) is 0 Å². The Morgan fingerprint density at radius 1 is 1.35 bits per heavy atom. The molecule has 0 radical (unpaired) electrons. The molecule has 0 spiro atoms. The van der Waals surface area contributed by atoms with Crippen LogP contribution in [-0.4, -0.2) is 42.9 Å². The van der Waals surface area contributed by atoms with E-state index in [1.807, 2.05) is 25.7 Å². The highest BCUT2D eigenvalue weighted by Crippen LogP contribution is 2.11. The van der Waals surface area contributed by atoms with Gasteiger partial charge in [-0.2, -0.15) is 0 Å². The zero-order valence-corrected chi connectivity index (χ0v) is 11.1. The van der Waals surface area contributed by atoms with Crippen LogP contribution in [0.3, 0.4) is 0 Å². The highest BCUT2D eigenvalue weighted by Gasteiger charge is 2.29. The van der Waals surface area contributed by atoms with Crippen molar-refractivity contribution in [3.63, 3.8) is 0 Å². The normalized spacial score (nSPS) is 12.6. The molecule has 2 amide bonds. The van der Waals surface area contributed by atoms with Gasteiger partial charge < -0.3 is 5.32 Å². The fourth-order valence-electron chi connectivity index (χ4n) is 1.84. The van der Waals surface area contributed by atoms with Crippen LogP contribution in [0.25, 0.3) is 0 Å². The molecule has 0 fully saturated rings. The fraction of sp³-hybridized carbons (Fsp3) is 0.818. The molecule has 1 atom stereocenters. The minimum Gasteiger partial charge on any atom is -0.358 e. The molecule has 0 aliphatic carbocycles. The number of likely N-dealkylation sites (N-methyl/N-ethyl adjacent to an activating group) is 1. The Kier molecular flexibility index (Phi) is 7.49. The second-order valence-corrected chi connectivity index (χ2v) is 4.34. The molecule has 0 aromatic rings. The first-order valence-electron chi connectivity index (χ1n) is 5.92. The predicted octanol–water partition coefficient (Wildman–Crippen LogP) is -0.541. The summed E-state index contributed by atoms with van der Waals surface area (Å²) in [5.74, 6) is 4.92. The molecule has 0 aliphatic rings. The van der Waals surface area contributed by atoms with Gasteiger partial charge in [0.15, 0.2) is 0 Å². The first kappa shape index (κ1) is 15.9. The number of amides is 2. The smallest absolute Gasteiger partial charge is 0.251 e. The average Bonchev–Trinajstić information content (AvgIpc) is 2.28. The Bertz CT molecular complexity index is 256. The number of carbonyl (C=O) groups is 2. The van der Waals surface area contributed by atoms with Crippen LogP contribution >= 0.6 is 0 Å². The number of hydrogen-bond acceptors (Lipinski definition) is 4. The van der Waals surface area contributed by atoms with E-state index in [0.29, 0.717) is 6.54 Å². The molecule has 0 aliphatic heterocycles. The van der Waals surface area contributed by atoms with Crippen LogP contribution < -0.4 is 16.6 Å². The van der Waals surface area contributed by atoms with Crippen LogP contribution in [0, 0.1) is 5.92 Å². The number of hydrogen-bond donors (Lipinski definition) is 3. The molecule has 17 heavy (non-hydrogen) atoms. The third-order valence-corrected chi connectivity index (χ3v) is 2.57.